The minimum absolute atomic E-state index is 0.0287. The summed E-state index contributed by atoms with van der Waals surface area (Å²) in [4.78, 5) is 21.8. The van der Waals surface area contributed by atoms with Gasteiger partial charge in [-0.05, 0) is 49.2 Å². The number of nitrogens with one attached hydrogen (secondary N) is 1. The standard InChI is InChI=1S/C22H30N4O2/c1-2-25-14-11-20(12-15-25)26(16-10-19-5-3-4-13-23-19)22(28)24-17-18-6-8-21(27)9-7-18/h3-9,13,20,27H,2,10-12,14-17H2,1H3,(H,24,28). The molecular weight excluding hydrogens is 352 g/mol. The van der Waals surface area contributed by atoms with Gasteiger partial charge in [0.25, 0.3) is 0 Å². The summed E-state index contributed by atoms with van der Waals surface area (Å²) < 4.78 is 0. The first kappa shape index (κ1) is 20.1. The van der Waals surface area contributed by atoms with E-state index >= 15 is 0 Å². The highest BCUT2D eigenvalue weighted by atomic mass is 16.3. The van der Waals surface area contributed by atoms with E-state index in [1.807, 2.05) is 35.2 Å². The van der Waals surface area contributed by atoms with Crippen LogP contribution in [-0.2, 0) is 13.0 Å². The highest BCUT2D eigenvalue weighted by molar-refractivity contribution is 5.74. The van der Waals surface area contributed by atoms with Crippen molar-refractivity contribution >= 4 is 6.03 Å². The number of phenolic OH excluding ortho intramolecular Hbond substituents is 1. The molecule has 0 aliphatic carbocycles. The van der Waals surface area contributed by atoms with E-state index in [9.17, 15) is 9.90 Å². The second-order valence-corrected chi connectivity index (χ2v) is 7.26. The van der Waals surface area contributed by atoms with Crippen LogP contribution in [0.3, 0.4) is 0 Å². The maximum atomic E-state index is 13.0. The van der Waals surface area contributed by atoms with E-state index in [0.717, 1.165) is 50.2 Å². The highest BCUT2D eigenvalue weighted by Crippen LogP contribution is 2.18. The number of nitrogens with zero attached hydrogens (tertiary/aromatic N) is 3. The van der Waals surface area contributed by atoms with Crippen molar-refractivity contribution in [1.29, 1.82) is 0 Å². The molecule has 2 heterocycles. The van der Waals surface area contributed by atoms with Crippen LogP contribution in [0.2, 0.25) is 0 Å². The summed E-state index contributed by atoms with van der Waals surface area (Å²) in [5.74, 6) is 0.231. The molecule has 1 aliphatic rings. The fourth-order valence-electron chi connectivity index (χ4n) is 3.67. The number of benzene rings is 1. The Balaban J connectivity index is 1.62. The summed E-state index contributed by atoms with van der Waals surface area (Å²) in [6.07, 6.45) is 4.55. The van der Waals surface area contributed by atoms with Gasteiger partial charge in [0, 0.05) is 50.5 Å². The number of likely N-dealkylation sites (tertiary alicyclic amines) is 1. The Bertz CT molecular complexity index is 728. The Morgan fingerprint density at radius 2 is 1.96 bits per heavy atom. The molecule has 6 nitrogen and oxygen atoms in total. The number of hydrogen-bond donors (Lipinski definition) is 2. The van der Waals surface area contributed by atoms with E-state index < -0.39 is 0 Å². The third-order valence-corrected chi connectivity index (χ3v) is 5.42. The zero-order chi connectivity index (χ0) is 19.8. The molecule has 1 fully saturated rings. The van der Waals surface area contributed by atoms with Crippen LogP contribution in [0.25, 0.3) is 0 Å². The van der Waals surface area contributed by atoms with E-state index in [1.165, 1.54) is 0 Å². The number of carbonyl (C=O) groups excluding carboxylic acids is 1. The summed E-state index contributed by atoms with van der Waals surface area (Å²) in [5, 5.41) is 12.5. The summed E-state index contributed by atoms with van der Waals surface area (Å²) in [6, 6.07) is 13.1. The molecule has 0 spiro atoms. The molecule has 3 rings (SSSR count). The number of phenols is 1. The van der Waals surface area contributed by atoms with E-state index in [0.29, 0.717) is 13.1 Å². The molecule has 6 heteroatoms. The van der Waals surface area contributed by atoms with Crippen LogP contribution < -0.4 is 5.32 Å². The number of aromatic hydroxyl groups is 1. The molecular formula is C22H30N4O2. The predicted molar refractivity (Wildman–Crippen MR) is 110 cm³/mol. The number of urea groups is 1. The first-order valence-electron chi connectivity index (χ1n) is 10.1. The molecule has 1 aromatic heterocycles. The van der Waals surface area contributed by atoms with Gasteiger partial charge in [0.05, 0.1) is 0 Å². The molecule has 1 saturated heterocycles. The second-order valence-electron chi connectivity index (χ2n) is 7.26. The molecule has 0 saturated carbocycles. The average molecular weight is 383 g/mol. The van der Waals surface area contributed by atoms with Gasteiger partial charge in [0.15, 0.2) is 0 Å². The zero-order valence-electron chi connectivity index (χ0n) is 16.6. The number of carbonyl (C=O) groups is 1. The van der Waals surface area contributed by atoms with Crippen molar-refractivity contribution in [1.82, 2.24) is 20.1 Å². The number of rotatable bonds is 7. The topological polar surface area (TPSA) is 68.7 Å². The Hall–Kier alpha value is -2.60. The SMILES string of the molecule is CCN1CCC(N(CCc2ccccn2)C(=O)NCc2ccc(O)cc2)CC1. The van der Waals surface area contributed by atoms with Crippen LogP contribution in [0.4, 0.5) is 4.79 Å². The minimum atomic E-state index is -0.0287. The van der Waals surface area contributed by atoms with Crippen LogP contribution in [0.15, 0.2) is 48.7 Å². The van der Waals surface area contributed by atoms with E-state index in [-0.39, 0.29) is 17.8 Å². The molecule has 28 heavy (non-hydrogen) atoms. The van der Waals surface area contributed by atoms with Gasteiger partial charge in [-0.25, -0.2) is 4.79 Å². The zero-order valence-corrected chi connectivity index (χ0v) is 16.6. The third-order valence-electron chi connectivity index (χ3n) is 5.42. The van der Waals surface area contributed by atoms with Crippen molar-refractivity contribution in [2.24, 2.45) is 0 Å². The van der Waals surface area contributed by atoms with Gasteiger partial charge in [0.1, 0.15) is 5.75 Å². The number of hydrogen-bond acceptors (Lipinski definition) is 4. The quantitative estimate of drug-likeness (QED) is 0.772. The van der Waals surface area contributed by atoms with Crippen LogP contribution in [0, 0.1) is 0 Å². The van der Waals surface area contributed by atoms with Gasteiger partial charge >= 0.3 is 6.03 Å². The monoisotopic (exact) mass is 382 g/mol. The molecule has 2 aromatic rings. The number of aromatic nitrogens is 1. The van der Waals surface area contributed by atoms with Crippen molar-refractivity contribution < 1.29 is 9.90 Å². The Morgan fingerprint density at radius 1 is 1.21 bits per heavy atom. The molecule has 0 atom stereocenters. The van der Waals surface area contributed by atoms with Crippen LogP contribution in [0.5, 0.6) is 5.75 Å². The predicted octanol–water partition coefficient (Wildman–Crippen LogP) is 3.03. The lowest BCUT2D eigenvalue weighted by Crippen LogP contribution is -2.51. The molecule has 0 bridgehead atoms. The van der Waals surface area contributed by atoms with Crippen molar-refractivity contribution in [2.75, 3.05) is 26.2 Å². The molecule has 2 N–H and O–H groups in total. The van der Waals surface area contributed by atoms with Crippen molar-refractivity contribution in [3.05, 3.63) is 59.9 Å². The summed E-state index contributed by atoms with van der Waals surface area (Å²) in [5.41, 5.74) is 1.97. The van der Waals surface area contributed by atoms with Crippen molar-refractivity contribution in [3.8, 4) is 5.75 Å². The lowest BCUT2D eigenvalue weighted by Gasteiger charge is -2.38. The van der Waals surface area contributed by atoms with Crippen LogP contribution in [-0.4, -0.2) is 58.1 Å². The normalized spacial score (nSPS) is 15.3. The minimum Gasteiger partial charge on any atom is -0.508 e. The van der Waals surface area contributed by atoms with Gasteiger partial charge in [-0.2, -0.15) is 0 Å². The number of pyridine rings is 1. The van der Waals surface area contributed by atoms with Gasteiger partial charge < -0.3 is 20.2 Å². The second kappa shape index (κ2) is 10.1. The smallest absolute Gasteiger partial charge is 0.317 e. The van der Waals surface area contributed by atoms with E-state index in [4.69, 9.17) is 0 Å². The maximum Gasteiger partial charge on any atom is 0.317 e. The number of amides is 2. The summed E-state index contributed by atoms with van der Waals surface area (Å²) >= 11 is 0. The van der Waals surface area contributed by atoms with Crippen molar-refractivity contribution in [2.45, 2.75) is 38.8 Å². The third kappa shape index (κ3) is 5.70. The Morgan fingerprint density at radius 3 is 2.61 bits per heavy atom. The molecule has 2 amide bonds. The summed E-state index contributed by atoms with van der Waals surface area (Å²) in [7, 11) is 0. The molecule has 1 aliphatic heterocycles. The van der Waals surface area contributed by atoms with Gasteiger partial charge in [0.2, 0.25) is 0 Å². The van der Waals surface area contributed by atoms with Crippen LogP contribution in [0.1, 0.15) is 31.0 Å². The average Bonchev–Trinajstić information content (AvgIpc) is 2.74. The molecule has 0 radical (unpaired) electrons. The van der Waals surface area contributed by atoms with Crippen molar-refractivity contribution in [3.63, 3.8) is 0 Å². The first-order valence-corrected chi connectivity index (χ1v) is 10.1. The Kier molecular flexibility index (Phi) is 7.25. The molecule has 0 unspecified atom stereocenters. The van der Waals surface area contributed by atoms with Gasteiger partial charge in [-0.3, -0.25) is 4.98 Å². The fourth-order valence-corrected chi connectivity index (χ4v) is 3.67. The number of piperidine rings is 1. The Labute approximate surface area is 167 Å². The molecule has 150 valence electrons. The lowest BCUT2D eigenvalue weighted by atomic mass is 10.0. The first-order chi connectivity index (χ1) is 13.7. The lowest BCUT2D eigenvalue weighted by molar-refractivity contribution is 0.123. The van der Waals surface area contributed by atoms with E-state index in [1.54, 1.807) is 18.3 Å². The maximum absolute atomic E-state index is 13.0. The highest BCUT2D eigenvalue weighted by Gasteiger charge is 2.27. The van der Waals surface area contributed by atoms with Gasteiger partial charge in [-0.15, -0.1) is 0 Å². The summed E-state index contributed by atoms with van der Waals surface area (Å²) in [6.45, 7) is 6.43. The fraction of sp³-hybridized carbons (Fsp3) is 0.455. The van der Waals surface area contributed by atoms with Gasteiger partial charge in [-0.1, -0.05) is 25.1 Å². The van der Waals surface area contributed by atoms with Crippen LogP contribution >= 0.6 is 0 Å². The molecule has 1 aromatic carbocycles. The largest absolute Gasteiger partial charge is 0.508 e. The van der Waals surface area contributed by atoms with E-state index in [2.05, 4.69) is 22.1 Å².